The first-order chi connectivity index (χ1) is 11.5. The molecule has 1 aromatic rings. The average molecular weight is 332 g/mol. The number of benzene rings is 1. The second kappa shape index (κ2) is 10.5. The lowest BCUT2D eigenvalue weighted by molar-refractivity contribution is -0.135. The Morgan fingerprint density at radius 1 is 1.25 bits per heavy atom. The molecule has 0 aliphatic heterocycles. The van der Waals surface area contributed by atoms with Crippen LogP contribution in [0.4, 0.5) is 0 Å². The highest BCUT2D eigenvalue weighted by Gasteiger charge is 2.19. The summed E-state index contributed by atoms with van der Waals surface area (Å²) in [6.45, 7) is 7.14. The van der Waals surface area contributed by atoms with E-state index < -0.39 is 6.04 Å². The highest BCUT2D eigenvalue weighted by atomic mass is 16.5. The molecule has 0 spiro atoms. The van der Waals surface area contributed by atoms with Crippen LogP contribution in [-0.4, -0.2) is 43.0 Å². The number of carbonyl (C=O) groups excluding carboxylic acids is 2. The van der Waals surface area contributed by atoms with Gasteiger partial charge in [-0.05, 0) is 44.0 Å². The molecule has 132 valence electrons. The summed E-state index contributed by atoms with van der Waals surface area (Å²) in [5, 5.41) is 2.72. The summed E-state index contributed by atoms with van der Waals surface area (Å²) in [6, 6.07) is 6.85. The Kier molecular flexibility index (Phi) is 8.61. The predicted octanol–water partition coefficient (Wildman–Crippen LogP) is 2.86. The number of hydrogen-bond donors (Lipinski definition) is 1. The Labute approximate surface area is 144 Å². The van der Waals surface area contributed by atoms with Gasteiger partial charge in [-0.25, -0.2) is 0 Å². The van der Waals surface area contributed by atoms with Gasteiger partial charge in [-0.2, -0.15) is 0 Å². The van der Waals surface area contributed by atoms with Crippen LogP contribution in [0.2, 0.25) is 0 Å². The topological polar surface area (TPSA) is 58.6 Å². The smallest absolute Gasteiger partial charge is 0.244 e. The number of methoxy groups -OCH3 is 1. The van der Waals surface area contributed by atoms with E-state index in [1.807, 2.05) is 31.2 Å². The van der Waals surface area contributed by atoms with Gasteiger partial charge in [0.25, 0.3) is 0 Å². The third-order valence-corrected chi connectivity index (χ3v) is 3.75. The fourth-order valence-electron chi connectivity index (χ4n) is 2.26. The molecule has 0 aliphatic rings. The Bertz CT molecular complexity index is 552. The zero-order valence-electron chi connectivity index (χ0n) is 15.0. The van der Waals surface area contributed by atoms with Crippen molar-refractivity contribution >= 4 is 17.9 Å². The number of nitrogens with zero attached hydrogens (tertiary/aromatic N) is 1. The van der Waals surface area contributed by atoms with Crippen LogP contribution >= 0.6 is 0 Å². The van der Waals surface area contributed by atoms with Crippen LogP contribution in [0.15, 0.2) is 30.3 Å². The van der Waals surface area contributed by atoms with Crippen molar-refractivity contribution in [2.45, 2.75) is 39.7 Å². The first kappa shape index (κ1) is 19.7. The number of nitrogens with one attached hydrogen (secondary N) is 1. The van der Waals surface area contributed by atoms with Gasteiger partial charge in [0.15, 0.2) is 0 Å². The summed E-state index contributed by atoms with van der Waals surface area (Å²) in [5.74, 6) is 0.443. The Morgan fingerprint density at radius 2 is 1.92 bits per heavy atom. The van der Waals surface area contributed by atoms with Gasteiger partial charge < -0.3 is 15.0 Å². The van der Waals surface area contributed by atoms with Crippen molar-refractivity contribution in [3.8, 4) is 5.75 Å². The molecular weight excluding hydrogens is 304 g/mol. The summed E-state index contributed by atoms with van der Waals surface area (Å²) < 4.78 is 5.09. The summed E-state index contributed by atoms with van der Waals surface area (Å²) in [6.07, 6.45) is 5.15. The van der Waals surface area contributed by atoms with Gasteiger partial charge in [0.1, 0.15) is 11.8 Å². The van der Waals surface area contributed by atoms with E-state index in [9.17, 15) is 9.59 Å². The number of ether oxygens (including phenoxy) is 1. The van der Waals surface area contributed by atoms with Crippen molar-refractivity contribution in [3.63, 3.8) is 0 Å². The summed E-state index contributed by atoms with van der Waals surface area (Å²) >= 11 is 0. The first-order valence-corrected chi connectivity index (χ1v) is 8.43. The van der Waals surface area contributed by atoms with E-state index in [-0.39, 0.29) is 11.8 Å². The molecule has 0 aliphatic carbocycles. The number of likely N-dealkylation sites (N-methyl/N-ethyl adjacent to an activating group) is 1. The molecule has 0 heterocycles. The lowest BCUT2D eigenvalue weighted by Crippen LogP contribution is -2.46. The van der Waals surface area contributed by atoms with Gasteiger partial charge in [0.05, 0.1) is 7.11 Å². The summed E-state index contributed by atoms with van der Waals surface area (Å²) in [7, 11) is 1.61. The van der Waals surface area contributed by atoms with E-state index in [2.05, 4.69) is 12.2 Å². The standard InChI is InChI=1S/C19H28N2O3/c1-5-7-14-21(6-2)19(23)15(3)20-18(22)13-10-16-8-11-17(24-4)12-9-16/h8-13,15H,5-7,14H2,1-4H3,(H,20,22)/b13-10+. The maximum Gasteiger partial charge on any atom is 0.244 e. The zero-order valence-corrected chi connectivity index (χ0v) is 15.0. The van der Waals surface area contributed by atoms with Crippen molar-refractivity contribution in [2.24, 2.45) is 0 Å². The summed E-state index contributed by atoms with van der Waals surface area (Å²) in [5.41, 5.74) is 0.892. The van der Waals surface area contributed by atoms with Crippen LogP contribution in [0.5, 0.6) is 5.75 Å². The number of carbonyl (C=O) groups is 2. The molecular formula is C19H28N2O3. The minimum Gasteiger partial charge on any atom is -0.497 e. The molecule has 0 radical (unpaired) electrons. The van der Waals surface area contributed by atoms with Crippen molar-refractivity contribution in [1.29, 1.82) is 0 Å². The Balaban J connectivity index is 2.55. The number of hydrogen-bond acceptors (Lipinski definition) is 3. The molecule has 2 amide bonds. The summed E-state index contributed by atoms with van der Waals surface area (Å²) in [4.78, 5) is 26.1. The highest BCUT2D eigenvalue weighted by molar-refractivity contribution is 5.95. The molecule has 24 heavy (non-hydrogen) atoms. The maximum atomic E-state index is 12.3. The molecule has 0 aromatic heterocycles. The molecule has 1 N–H and O–H groups in total. The zero-order chi connectivity index (χ0) is 17.9. The minimum atomic E-state index is -0.533. The largest absolute Gasteiger partial charge is 0.497 e. The van der Waals surface area contributed by atoms with Crippen LogP contribution in [-0.2, 0) is 9.59 Å². The predicted molar refractivity (Wildman–Crippen MR) is 96.8 cm³/mol. The van der Waals surface area contributed by atoms with Gasteiger partial charge in [-0.15, -0.1) is 0 Å². The van der Waals surface area contributed by atoms with Gasteiger partial charge in [0.2, 0.25) is 11.8 Å². The fraction of sp³-hybridized carbons (Fsp3) is 0.474. The lowest BCUT2D eigenvalue weighted by Gasteiger charge is -2.24. The van der Waals surface area contributed by atoms with E-state index in [0.717, 1.165) is 30.7 Å². The van der Waals surface area contributed by atoms with Crippen molar-refractivity contribution in [2.75, 3.05) is 20.2 Å². The van der Waals surface area contributed by atoms with E-state index in [4.69, 9.17) is 4.74 Å². The first-order valence-electron chi connectivity index (χ1n) is 8.43. The van der Waals surface area contributed by atoms with Crippen molar-refractivity contribution in [3.05, 3.63) is 35.9 Å². The van der Waals surface area contributed by atoms with Crippen molar-refractivity contribution in [1.82, 2.24) is 10.2 Å². The molecule has 5 nitrogen and oxygen atoms in total. The minimum absolute atomic E-state index is 0.0443. The van der Waals surface area contributed by atoms with E-state index in [0.29, 0.717) is 6.54 Å². The number of rotatable bonds is 9. The monoisotopic (exact) mass is 332 g/mol. The van der Waals surface area contributed by atoms with E-state index >= 15 is 0 Å². The molecule has 1 atom stereocenters. The van der Waals surface area contributed by atoms with Gasteiger partial charge in [-0.1, -0.05) is 25.5 Å². The third-order valence-electron chi connectivity index (χ3n) is 3.75. The second-order valence-electron chi connectivity index (χ2n) is 5.61. The molecule has 0 fully saturated rings. The molecule has 0 saturated carbocycles. The SMILES string of the molecule is CCCCN(CC)C(=O)C(C)NC(=O)/C=C/c1ccc(OC)cc1. The molecule has 0 saturated heterocycles. The fourth-order valence-corrected chi connectivity index (χ4v) is 2.26. The molecule has 1 unspecified atom stereocenters. The average Bonchev–Trinajstić information content (AvgIpc) is 2.60. The maximum absolute atomic E-state index is 12.3. The Hall–Kier alpha value is -2.30. The second-order valence-corrected chi connectivity index (χ2v) is 5.61. The number of unbranched alkanes of at least 4 members (excludes halogenated alkanes) is 1. The van der Waals surface area contributed by atoms with Gasteiger partial charge >= 0.3 is 0 Å². The van der Waals surface area contributed by atoms with Crippen molar-refractivity contribution < 1.29 is 14.3 Å². The quantitative estimate of drug-likeness (QED) is 0.708. The Morgan fingerprint density at radius 3 is 2.46 bits per heavy atom. The van der Waals surface area contributed by atoms with Crippen LogP contribution in [0.1, 0.15) is 39.2 Å². The van der Waals surface area contributed by atoms with Crippen LogP contribution in [0.25, 0.3) is 6.08 Å². The molecule has 1 rings (SSSR count). The molecule has 0 bridgehead atoms. The highest BCUT2D eigenvalue weighted by Crippen LogP contribution is 2.12. The van der Waals surface area contributed by atoms with Crippen LogP contribution in [0, 0.1) is 0 Å². The molecule has 1 aromatic carbocycles. The van der Waals surface area contributed by atoms with Crippen LogP contribution < -0.4 is 10.1 Å². The number of amides is 2. The molecule has 5 heteroatoms. The van der Waals surface area contributed by atoms with Crippen LogP contribution in [0.3, 0.4) is 0 Å². The van der Waals surface area contributed by atoms with E-state index in [1.54, 1.807) is 25.0 Å². The van der Waals surface area contributed by atoms with E-state index in [1.165, 1.54) is 6.08 Å². The third kappa shape index (κ3) is 6.44. The lowest BCUT2D eigenvalue weighted by atomic mass is 10.2. The normalized spacial score (nSPS) is 12.0. The van der Waals surface area contributed by atoms with Gasteiger partial charge in [0, 0.05) is 19.2 Å². The van der Waals surface area contributed by atoms with Gasteiger partial charge in [-0.3, -0.25) is 9.59 Å².